The van der Waals surface area contributed by atoms with Gasteiger partial charge in [-0.05, 0) is 29.2 Å². The lowest BCUT2D eigenvalue weighted by molar-refractivity contribution is 0.101. The lowest BCUT2D eigenvalue weighted by Crippen LogP contribution is -2.26. The molecule has 1 heterocycles. The Morgan fingerprint density at radius 3 is 2.15 bits per heavy atom. The van der Waals surface area contributed by atoms with Crippen LogP contribution in [0.15, 0.2) is 91.1 Å². The predicted octanol–water partition coefficient (Wildman–Crippen LogP) is 4.11. The van der Waals surface area contributed by atoms with Crippen molar-refractivity contribution in [2.45, 2.75) is 12.0 Å². The smallest absolute Gasteiger partial charge is 0.155 e. The average Bonchev–Trinajstić information content (AvgIpc) is 2.73. The Kier molecular flexibility index (Phi) is 4.65. The minimum Gasteiger partial charge on any atom is -0.373 e. The maximum atomic E-state index is 11.4. The molecule has 0 aliphatic rings. The van der Waals surface area contributed by atoms with E-state index in [-0.39, 0.29) is 0 Å². The largest absolute Gasteiger partial charge is 0.373 e. The molecule has 1 atom stereocenters. The van der Waals surface area contributed by atoms with E-state index in [9.17, 15) is 5.11 Å². The van der Waals surface area contributed by atoms with Gasteiger partial charge in [0.1, 0.15) is 5.69 Å². The van der Waals surface area contributed by atoms with Crippen LogP contribution in [0.4, 0.5) is 0 Å². The summed E-state index contributed by atoms with van der Waals surface area (Å²) in [6.07, 6.45) is 2.04. The molecule has 3 heteroatoms. The van der Waals surface area contributed by atoms with E-state index in [1.54, 1.807) is 6.20 Å². The molecule has 0 radical (unpaired) electrons. The topological polar surface area (TPSA) is 46.0 Å². The first kappa shape index (κ1) is 17.0. The van der Waals surface area contributed by atoms with Crippen LogP contribution in [-0.2, 0) is 12.0 Å². The molecule has 3 aromatic carbocycles. The first-order valence-corrected chi connectivity index (χ1v) is 8.80. The molecule has 0 aliphatic heterocycles. The Morgan fingerprint density at radius 1 is 0.778 bits per heavy atom. The third kappa shape index (κ3) is 3.87. The van der Waals surface area contributed by atoms with Gasteiger partial charge in [0.05, 0.1) is 17.2 Å². The fraction of sp³-hybridized carbons (Fsp3) is 0.0833. The zero-order chi connectivity index (χ0) is 18.5. The Balaban J connectivity index is 1.74. The highest BCUT2D eigenvalue weighted by molar-refractivity contribution is 5.74. The van der Waals surface area contributed by atoms with Gasteiger partial charge in [-0.25, -0.2) is 4.98 Å². The number of nitrogens with zero attached hydrogens (tertiary/aromatic N) is 2. The number of hydrogen-bond donors (Lipinski definition) is 1. The summed E-state index contributed by atoms with van der Waals surface area (Å²) in [5.74, 6) is 6.07. The van der Waals surface area contributed by atoms with Crippen molar-refractivity contribution < 1.29 is 5.11 Å². The molecule has 0 saturated heterocycles. The zero-order valence-corrected chi connectivity index (χ0v) is 14.7. The Labute approximate surface area is 158 Å². The van der Waals surface area contributed by atoms with Gasteiger partial charge in [-0.15, -0.1) is 0 Å². The van der Waals surface area contributed by atoms with Gasteiger partial charge in [0, 0.05) is 6.42 Å². The molecule has 1 N–H and O–H groups in total. The van der Waals surface area contributed by atoms with Crippen LogP contribution in [0.25, 0.3) is 11.0 Å². The molecule has 4 rings (SSSR count). The van der Waals surface area contributed by atoms with Crippen LogP contribution < -0.4 is 0 Å². The first-order chi connectivity index (χ1) is 13.2. The molecule has 1 unspecified atom stereocenters. The molecular weight excluding hydrogens is 332 g/mol. The second kappa shape index (κ2) is 7.41. The zero-order valence-electron chi connectivity index (χ0n) is 14.7. The van der Waals surface area contributed by atoms with Gasteiger partial charge in [-0.3, -0.25) is 4.98 Å². The van der Waals surface area contributed by atoms with E-state index in [1.807, 2.05) is 84.9 Å². The van der Waals surface area contributed by atoms with Gasteiger partial charge in [-0.2, -0.15) is 0 Å². The molecular formula is C24H18N2O. The fourth-order valence-electron chi connectivity index (χ4n) is 3.01. The highest BCUT2D eigenvalue weighted by Crippen LogP contribution is 2.25. The number of aliphatic hydroxyl groups is 1. The molecule has 0 amide bonds. The SMILES string of the molecule is OC(C#Cc1cnc2ccccc2n1)(Cc1ccccc1)c1ccccc1. The van der Waals surface area contributed by atoms with Crippen molar-refractivity contribution in [3.05, 3.63) is 108 Å². The van der Waals surface area contributed by atoms with Crippen LogP contribution in [-0.4, -0.2) is 15.1 Å². The maximum absolute atomic E-state index is 11.4. The number of aromatic nitrogens is 2. The Hall–Kier alpha value is -3.48. The second-order valence-corrected chi connectivity index (χ2v) is 6.38. The molecule has 27 heavy (non-hydrogen) atoms. The third-order valence-corrected chi connectivity index (χ3v) is 4.40. The number of hydrogen-bond acceptors (Lipinski definition) is 3. The van der Waals surface area contributed by atoms with Crippen LogP contribution in [0.3, 0.4) is 0 Å². The maximum Gasteiger partial charge on any atom is 0.155 e. The summed E-state index contributed by atoms with van der Waals surface area (Å²) in [5.41, 5.74) is 2.62. The van der Waals surface area contributed by atoms with E-state index in [0.29, 0.717) is 12.1 Å². The quantitative estimate of drug-likeness (QED) is 0.566. The molecule has 0 saturated carbocycles. The minimum atomic E-state index is -1.31. The molecule has 130 valence electrons. The van der Waals surface area contributed by atoms with Gasteiger partial charge in [0.2, 0.25) is 0 Å². The fourth-order valence-corrected chi connectivity index (χ4v) is 3.01. The highest BCUT2D eigenvalue weighted by atomic mass is 16.3. The average molecular weight is 350 g/mol. The standard InChI is InChI=1S/C24H18N2O/c27-24(20-11-5-2-6-12-20,17-19-9-3-1-4-10-19)16-15-21-18-25-22-13-7-8-14-23(22)26-21/h1-14,18,27H,17H2. The van der Waals surface area contributed by atoms with E-state index in [4.69, 9.17) is 0 Å². The number of fused-ring (bicyclic) bond motifs is 1. The van der Waals surface area contributed by atoms with Crippen molar-refractivity contribution in [3.63, 3.8) is 0 Å². The van der Waals surface area contributed by atoms with Crippen LogP contribution >= 0.6 is 0 Å². The molecule has 0 aliphatic carbocycles. The normalized spacial score (nSPS) is 12.8. The summed E-state index contributed by atoms with van der Waals surface area (Å²) in [4.78, 5) is 8.92. The molecule has 1 aromatic heterocycles. The summed E-state index contributed by atoms with van der Waals surface area (Å²) in [6, 6.07) is 27.0. The molecule has 0 fully saturated rings. The monoisotopic (exact) mass is 350 g/mol. The number of rotatable bonds is 3. The highest BCUT2D eigenvalue weighted by Gasteiger charge is 2.27. The van der Waals surface area contributed by atoms with Crippen LogP contribution in [0.5, 0.6) is 0 Å². The van der Waals surface area contributed by atoms with Gasteiger partial charge >= 0.3 is 0 Å². The van der Waals surface area contributed by atoms with Gasteiger partial charge in [0.25, 0.3) is 0 Å². The van der Waals surface area contributed by atoms with Crippen molar-refractivity contribution in [2.24, 2.45) is 0 Å². The third-order valence-electron chi connectivity index (χ3n) is 4.40. The van der Waals surface area contributed by atoms with Crippen LogP contribution in [0.1, 0.15) is 16.8 Å². The van der Waals surface area contributed by atoms with Gasteiger partial charge in [0.15, 0.2) is 5.60 Å². The van der Waals surface area contributed by atoms with Crippen molar-refractivity contribution in [3.8, 4) is 11.8 Å². The van der Waals surface area contributed by atoms with Crippen LogP contribution in [0.2, 0.25) is 0 Å². The minimum absolute atomic E-state index is 0.395. The summed E-state index contributed by atoms with van der Waals surface area (Å²) in [7, 11) is 0. The van der Waals surface area contributed by atoms with Gasteiger partial charge in [-0.1, -0.05) is 78.7 Å². The lowest BCUT2D eigenvalue weighted by Gasteiger charge is -2.23. The summed E-state index contributed by atoms with van der Waals surface area (Å²) >= 11 is 0. The molecule has 4 aromatic rings. The second-order valence-electron chi connectivity index (χ2n) is 6.38. The first-order valence-electron chi connectivity index (χ1n) is 8.80. The van der Waals surface area contributed by atoms with E-state index < -0.39 is 5.60 Å². The predicted molar refractivity (Wildman–Crippen MR) is 107 cm³/mol. The van der Waals surface area contributed by atoms with E-state index in [2.05, 4.69) is 21.8 Å². The van der Waals surface area contributed by atoms with E-state index >= 15 is 0 Å². The van der Waals surface area contributed by atoms with E-state index in [0.717, 1.165) is 22.2 Å². The Morgan fingerprint density at radius 2 is 1.41 bits per heavy atom. The van der Waals surface area contributed by atoms with E-state index in [1.165, 1.54) is 0 Å². The summed E-state index contributed by atoms with van der Waals surface area (Å²) < 4.78 is 0. The van der Waals surface area contributed by atoms with Crippen molar-refractivity contribution in [1.82, 2.24) is 9.97 Å². The summed E-state index contributed by atoms with van der Waals surface area (Å²) in [6.45, 7) is 0. The summed E-state index contributed by atoms with van der Waals surface area (Å²) in [5, 5.41) is 11.4. The van der Waals surface area contributed by atoms with Crippen molar-refractivity contribution in [2.75, 3.05) is 0 Å². The molecule has 0 spiro atoms. The Bertz CT molecular complexity index is 1110. The van der Waals surface area contributed by atoms with Crippen LogP contribution in [0, 0.1) is 11.8 Å². The van der Waals surface area contributed by atoms with Crippen molar-refractivity contribution in [1.29, 1.82) is 0 Å². The molecule has 3 nitrogen and oxygen atoms in total. The van der Waals surface area contributed by atoms with Gasteiger partial charge < -0.3 is 5.11 Å². The lowest BCUT2D eigenvalue weighted by atomic mass is 9.87. The van der Waals surface area contributed by atoms with Crippen molar-refractivity contribution >= 4 is 11.0 Å². The number of benzene rings is 3. The molecule has 0 bridgehead atoms. The number of para-hydroxylation sites is 2.